The lowest BCUT2D eigenvalue weighted by Crippen LogP contribution is -2.62. The van der Waals surface area contributed by atoms with E-state index in [4.69, 9.17) is 18.9 Å². The molecule has 0 aliphatic carbocycles. The summed E-state index contributed by atoms with van der Waals surface area (Å²) in [6, 6.07) is 8.98. The minimum absolute atomic E-state index is 0.184. The molecule has 8 nitrogen and oxygen atoms in total. The molecule has 3 aliphatic rings. The molecule has 3 amide bonds. The predicted octanol–water partition coefficient (Wildman–Crippen LogP) is 6.02. The van der Waals surface area contributed by atoms with E-state index in [-0.39, 0.29) is 24.9 Å². The Balaban J connectivity index is 1.39. The van der Waals surface area contributed by atoms with E-state index in [1.807, 2.05) is 49.1 Å². The molecule has 3 saturated heterocycles. The van der Waals surface area contributed by atoms with Gasteiger partial charge >= 0.3 is 6.03 Å². The maximum atomic E-state index is 13.8. The molecule has 3 heterocycles. The standard InChI is InChI=1S/C31H48N2O6/c1-5-6-7-8-9-10-11-12-13-17-20-32-24(26-27(36-4)28-29(37-26)39-31(2,3)38-28)21-25(34)33(30(32)35)22-23-18-15-14-16-19-23/h14-16,18-19,24,26-29H,5-13,17,20-22H2,1-4H3/t24?,26-,27+,28-,29-/m1/s1. The lowest BCUT2D eigenvalue weighted by molar-refractivity contribution is -0.224. The molecule has 1 unspecified atom stereocenters. The van der Waals surface area contributed by atoms with Gasteiger partial charge in [-0.2, -0.15) is 0 Å². The van der Waals surface area contributed by atoms with E-state index in [0.29, 0.717) is 6.54 Å². The summed E-state index contributed by atoms with van der Waals surface area (Å²) in [5.41, 5.74) is 0.932. The van der Waals surface area contributed by atoms with Gasteiger partial charge in [0.2, 0.25) is 5.91 Å². The number of carbonyl (C=O) groups is 2. The molecular formula is C31H48N2O6. The number of unbranched alkanes of at least 4 members (excludes halogenated alkanes) is 9. The summed E-state index contributed by atoms with van der Waals surface area (Å²) in [7, 11) is 1.62. The average Bonchev–Trinajstić information content (AvgIpc) is 3.40. The van der Waals surface area contributed by atoms with Crippen LogP contribution in [0.2, 0.25) is 0 Å². The minimum atomic E-state index is -0.766. The van der Waals surface area contributed by atoms with Crippen molar-refractivity contribution in [3.63, 3.8) is 0 Å². The third-order valence-electron chi connectivity index (χ3n) is 8.18. The smallest absolute Gasteiger partial charge is 0.327 e. The van der Waals surface area contributed by atoms with Gasteiger partial charge in [-0.3, -0.25) is 9.69 Å². The van der Waals surface area contributed by atoms with Crippen molar-refractivity contribution in [3.8, 4) is 0 Å². The number of amides is 3. The van der Waals surface area contributed by atoms with Crippen molar-refractivity contribution >= 4 is 11.9 Å². The molecule has 0 N–H and O–H groups in total. The maximum Gasteiger partial charge on any atom is 0.327 e. The number of hydrogen-bond donors (Lipinski definition) is 0. The monoisotopic (exact) mass is 544 g/mol. The van der Waals surface area contributed by atoms with Crippen LogP contribution in [-0.2, 0) is 30.3 Å². The van der Waals surface area contributed by atoms with Crippen molar-refractivity contribution in [2.24, 2.45) is 0 Å². The summed E-state index contributed by atoms with van der Waals surface area (Å²) in [6.45, 7) is 6.80. The van der Waals surface area contributed by atoms with Gasteiger partial charge in [-0.1, -0.05) is 95.0 Å². The number of methoxy groups -OCH3 is 1. The van der Waals surface area contributed by atoms with Gasteiger partial charge in [0.15, 0.2) is 12.1 Å². The zero-order valence-corrected chi connectivity index (χ0v) is 24.3. The van der Waals surface area contributed by atoms with Gasteiger partial charge in [-0.25, -0.2) is 4.79 Å². The predicted molar refractivity (Wildman–Crippen MR) is 149 cm³/mol. The Labute approximate surface area is 234 Å². The van der Waals surface area contributed by atoms with Gasteiger partial charge in [-0.15, -0.1) is 0 Å². The van der Waals surface area contributed by atoms with Crippen LogP contribution in [-0.4, -0.2) is 71.8 Å². The molecule has 4 rings (SSSR count). The Morgan fingerprint density at radius 3 is 2.18 bits per heavy atom. The summed E-state index contributed by atoms with van der Waals surface area (Å²) in [6.07, 6.45) is 10.5. The molecule has 0 radical (unpaired) electrons. The van der Waals surface area contributed by atoms with Crippen LogP contribution in [0.25, 0.3) is 0 Å². The number of rotatable bonds is 15. The molecule has 39 heavy (non-hydrogen) atoms. The molecule has 8 heteroatoms. The molecule has 1 aromatic rings. The van der Waals surface area contributed by atoms with Crippen LogP contribution in [0.3, 0.4) is 0 Å². The van der Waals surface area contributed by atoms with Gasteiger partial charge in [-0.05, 0) is 25.8 Å². The summed E-state index contributed by atoms with van der Waals surface area (Å²) in [5, 5.41) is 0. The second-order valence-electron chi connectivity index (χ2n) is 11.7. The Bertz CT molecular complexity index is 925. The molecule has 0 bridgehead atoms. The van der Waals surface area contributed by atoms with E-state index in [1.54, 1.807) is 7.11 Å². The van der Waals surface area contributed by atoms with Gasteiger partial charge in [0.05, 0.1) is 19.0 Å². The minimum Gasteiger partial charge on any atom is -0.376 e. The molecule has 3 aliphatic heterocycles. The SMILES string of the molecule is CCCCCCCCCCCCN1C(=O)N(Cc2ccccc2)C(=O)CC1[C@H]1O[C@@H]2OC(C)(C)O[C@@H]2[C@H]1OC. The number of ether oxygens (including phenoxy) is 4. The summed E-state index contributed by atoms with van der Waals surface area (Å²) in [4.78, 5) is 30.4. The first-order valence-corrected chi connectivity index (χ1v) is 15.0. The van der Waals surface area contributed by atoms with Crippen LogP contribution in [0.5, 0.6) is 0 Å². The maximum absolute atomic E-state index is 13.8. The second-order valence-corrected chi connectivity index (χ2v) is 11.7. The van der Waals surface area contributed by atoms with Crippen LogP contribution >= 0.6 is 0 Å². The van der Waals surface area contributed by atoms with Crippen molar-refractivity contribution in [1.29, 1.82) is 0 Å². The molecule has 0 aromatic heterocycles. The molecule has 1 aromatic carbocycles. The number of urea groups is 1. The van der Waals surface area contributed by atoms with Gasteiger partial charge in [0.25, 0.3) is 0 Å². The first-order chi connectivity index (χ1) is 18.8. The number of fused-ring (bicyclic) bond motifs is 1. The Morgan fingerprint density at radius 2 is 1.54 bits per heavy atom. The van der Waals surface area contributed by atoms with Crippen molar-refractivity contribution in [3.05, 3.63) is 35.9 Å². The third-order valence-corrected chi connectivity index (χ3v) is 8.18. The lowest BCUT2D eigenvalue weighted by atomic mass is 9.96. The lowest BCUT2D eigenvalue weighted by Gasteiger charge is -2.43. The van der Waals surface area contributed by atoms with Gasteiger partial charge in [0.1, 0.15) is 18.3 Å². The molecule has 0 saturated carbocycles. The van der Waals surface area contributed by atoms with Crippen LogP contribution < -0.4 is 0 Å². The van der Waals surface area contributed by atoms with Crippen LogP contribution in [0.15, 0.2) is 30.3 Å². The van der Waals surface area contributed by atoms with Gasteiger partial charge in [0, 0.05) is 13.7 Å². The number of imide groups is 1. The van der Waals surface area contributed by atoms with E-state index < -0.39 is 36.4 Å². The Morgan fingerprint density at radius 1 is 0.897 bits per heavy atom. The molecule has 218 valence electrons. The highest BCUT2D eigenvalue weighted by Crippen LogP contribution is 2.41. The fourth-order valence-corrected chi connectivity index (χ4v) is 6.13. The molecule has 5 atom stereocenters. The van der Waals surface area contributed by atoms with Crippen molar-refractivity contribution in [2.45, 2.75) is 134 Å². The number of carbonyl (C=O) groups excluding carboxylic acids is 2. The average molecular weight is 545 g/mol. The van der Waals surface area contributed by atoms with Crippen LogP contribution in [0, 0.1) is 0 Å². The van der Waals surface area contributed by atoms with E-state index in [0.717, 1.165) is 24.8 Å². The summed E-state index contributed by atoms with van der Waals surface area (Å²) < 4.78 is 24.2. The zero-order chi connectivity index (χ0) is 27.8. The Kier molecular flexibility index (Phi) is 10.8. The van der Waals surface area contributed by atoms with Crippen LogP contribution in [0.4, 0.5) is 4.79 Å². The summed E-state index contributed by atoms with van der Waals surface area (Å²) >= 11 is 0. The van der Waals surface area contributed by atoms with Crippen LogP contribution in [0.1, 0.15) is 97.0 Å². The largest absolute Gasteiger partial charge is 0.376 e. The highest BCUT2D eigenvalue weighted by molar-refractivity contribution is 5.97. The molecule has 0 spiro atoms. The Hall–Kier alpha value is -2.00. The van der Waals surface area contributed by atoms with Crippen molar-refractivity contribution in [2.75, 3.05) is 13.7 Å². The molecule has 3 fully saturated rings. The van der Waals surface area contributed by atoms with E-state index in [1.165, 1.54) is 49.8 Å². The fraction of sp³-hybridized carbons (Fsp3) is 0.742. The normalized spacial score (nSPS) is 28.4. The fourth-order valence-electron chi connectivity index (χ4n) is 6.13. The number of nitrogens with zero attached hydrogens (tertiary/aromatic N) is 2. The van der Waals surface area contributed by atoms with E-state index >= 15 is 0 Å². The number of hydrogen-bond acceptors (Lipinski definition) is 6. The topological polar surface area (TPSA) is 77.5 Å². The van der Waals surface area contributed by atoms with Gasteiger partial charge < -0.3 is 23.8 Å². The number of benzene rings is 1. The first-order valence-electron chi connectivity index (χ1n) is 15.0. The molecular weight excluding hydrogens is 496 g/mol. The highest BCUT2D eigenvalue weighted by Gasteiger charge is 2.59. The summed E-state index contributed by atoms with van der Waals surface area (Å²) in [5.74, 6) is -0.955. The first kappa shape index (κ1) is 30.0. The van der Waals surface area contributed by atoms with Crippen molar-refractivity contribution in [1.82, 2.24) is 9.80 Å². The second kappa shape index (κ2) is 14.1. The van der Waals surface area contributed by atoms with E-state index in [2.05, 4.69) is 6.92 Å². The zero-order valence-electron chi connectivity index (χ0n) is 24.3. The van der Waals surface area contributed by atoms with E-state index in [9.17, 15) is 9.59 Å². The van der Waals surface area contributed by atoms with Crippen molar-refractivity contribution < 1.29 is 28.5 Å². The third kappa shape index (κ3) is 7.60. The highest BCUT2D eigenvalue weighted by atomic mass is 16.8. The quantitative estimate of drug-likeness (QED) is 0.251.